The van der Waals surface area contributed by atoms with E-state index in [0.717, 1.165) is 24.5 Å². The van der Waals surface area contributed by atoms with E-state index in [0.29, 0.717) is 18.2 Å². The average Bonchev–Trinajstić information content (AvgIpc) is 2.97. The number of nitrogens with zero attached hydrogens (tertiary/aromatic N) is 1. The standard InChI is InChI=1S/C17H30N2O2S/c1-13-6-9-19(10-7-13)15-4-2-14(3-5-15)18-16(20)17(21)8-11-22-12-17/h13-15,21H,2-12H2,1H3,(H,18,20). The number of hydrogen-bond donors (Lipinski definition) is 2. The lowest BCUT2D eigenvalue weighted by Gasteiger charge is -2.40. The lowest BCUT2D eigenvalue weighted by atomic mass is 9.87. The van der Waals surface area contributed by atoms with Gasteiger partial charge in [0.15, 0.2) is 5.60 Å². The second-order valence-corrected chi connectivity index (χ2v) is 8.64. The second-order valence-electron chi connectivity index (χ2n) is 7.53. The molecule has 0 aromatic heterocycles. The molecular formula is C17H30N2O2S. The van der Waals surface area contributed by atoms with Gasteiger partial charge >= 0.3 is 0 Å². The highest BCUT2D eigenvalue weighted by atomic mass is 32.2. The first-order chi connectivity index (χ1) is 10.6. The molecule has 0 aromatic rings. The van der Waals surface area contributed by atoms with Gasteiger partial charge in [-0.15, -0.1) is 0 Å². The van der Waals surface area contributed by atoms with Crippen LogP contribution in [0.25, 0.3) is 0 Å². The van der Waals surface area contributed by atoms with Gasteiger partial charge in [0.05, 0.1) is 0 Å². The Morgan fingerprint density at radius 1 is 1.18 bits per heavy atom. The molecule has 1 saturated carbocycles. The Hall–Kier alpha value is -0.260. The summed E-state index contributed by atoms with van der Waals surface area (Å²) in [6, 6.07) is 0.980. The van der Waals surface area contributed by atoms with Gasteiger partial charge in [0.2, 0.25) is 0 Å². The van der Waals surface area contributed by atoms with Crippen LogP contribution in [0.3, 0.4) is 0 Å². The van der Waals surface area contributed by atoms with Gasteiger partial charge in [0.1, 0.15) is 0 Å². The van der Waals surface area contributed by atoms with Crippen molar-refractivity contribution in [2.24, 2.45) is 5.92 Å². The normalized spacial score (nSPS) is 38.1. The zero-order valence-electron chi connectivity index (χ0n) is 13.7. The fourth-order valence-electron chi connectivity index (χ4n) is 4.03. The number of hydrogen-bond acceptors (Lipinski definition) is 4. The Kier molecular flexibility index (Phi) is 5.35. The highest BCUT2D eigenvalue weighted by Gasteiger charge is 2.40. The molecule has 1 amide bonds. The van der Waals surface area contributed by atoms with Crippen molar-refractivity contribution in [3.63, 3.8) is 0 Å². The smallest absolute Gasteiger partial charge is 0.253 e. The summed E-state index contributed by atoms with van der Waals surface area (Å²) in [7, 11) is 0. The molecule has 126 valence electrons. The van der Waals surface area contributed by atoms with Crippen LogP contribution in [0.1, 0.15) is 51.9 Å². The van der Waals surface area contributed by atoms with Crippen LogP contribution in [-0.2, 0) is 4.79 Å². The molecule has 3 rings (SSSR count). The van der Waals surface area contributed by atoms with Gasteiger partial charge in [0.25, 0.3) is 5.91 Å². The van der Waals surface area contributed by atoms with Crippen molar-refractivity contribution in [3.8, 4) is 0 Å². The molecule has 3 fully saturated rings. The molecule has 2 aliphatic heterocycles. The van der Waals surface area contributed by atoms with Crippen LogP contribution in [0, 0.1) is 5.92 Å². The molecule has 2 heterocycles. The van der Waals surface area contributed by atoms with E-state index in [4.69, 9.17) is 0 Å². The van der Waals surface area contributed by atoms with Crippen LogP contribution >= 0.6 is 11.8 Å². The van der Waals surface area contributed by atoms with Crippen molar-refractivity contribution in [2.75, 3.05) is 24.6 Å². The summed E-state index contributed by atoms with van der Waals surface area (Å²) in [5, 5.41) is 13.4. The number of carbonyl (C=O) groups is 1. The van der Waals surface area contributed by atoms with Crippen molar-refractivity contribution in [3.05, 3.63) is 0 Å². The molecule has 0 bridgehead atoms. The van der Waals surface area contributed by atoms with E-state index in [1.54, 1.807) is 11.8 Å². The monoisotopic (exact) mass is 326 g/mol. The van der Waals surface area contributed by atoms with Crippen molar-refractivity contribution in [1.29, 1.82) is 0 Å². The van der Waals surface area contributed by atoms with E-state index < -0.39 is 5.60 Å². The van der Waals surface area contributed by atoms with E-state index in [-0.39, 0.29) is 11.9 Å². The number of thioether (sulfide) groups is 1. The molecule has 1 aliphatic carbocycles. The summed E-state index contributed by atoms with van der Waals surface area (Å²) in [5.41, 5.74) is -1.11. The predicted molar refractivity (Wildman–Crippen MR) is 91.0 cm³/mol. The maximum atomic E-state index is 12.3. The van der Waals surface area contributed by atoms with E-state index >= 15 is 0 Å². The van der Waals surface area contributed by atoms with E-state index in [1.807, 2.05) is 0 Å². The Labute approximate surface area is 138 Å². The SMILES string of the molecule is CC1CCN(C2CCC(NC(=O)C3(O)CCSC3)CC2)CC1. The largest absolute Gasteiger partial charge is 0.379 e. The molecule has 0 radical (unpaired) electrons. The molecule has 22 heavy (non-hydrogen) atoms. The predicted octanol–water partition coefficient (Wildman–Crippen LogP) is 2.01. The van der Waals surface area contributed by atoms with Crippen molar-refractivity contribution in [1.82, 2.24) is 10.2 Å². The van der Waals surface area contributed by atoms with Crippen molar-refractivity contribution >= 4 is 17.7 Å². The topological polar surface area (TPSA) is 52.6 Å². The number of nitrogens with one attached hydrogen (secondary N) is 1. The van der Waals surface area contributed by atoms with Gasteiger partial charge in [-0.1, -0.05) is 6.92 Å². The molecule has 2 N–H and O–H groups in total. The lowest BCUT2D eigenvalue weighted by molar-refractivity contribution is -0.138. The van der Waals surface area contributed by atoms with E-state index in [9.17, 15) is 9.90 Å². The fraction of sp³-hybridized carbons (Fsp3) is 0.941. The number of amides is 1. The molecular weight excluding hydrogens is 296 g/mol. The highest BCUT2D eigenvalue weighted by molar-refractivity contribution is 7.99. The molecule has 0 aromatic carbocycles. The summed E-state index contributed by atoms with van der Waals surface area (Å²) >= 11 is 1.67. The van der Waals surface area contributed by atoms with E-state index in [1.165, 1.54) is 38.8 Å². The Balaban J connectivity index is 1.43. The maximum Gasteiger partial charge on any atom is 0.253 e. The van der Waals surface area contributed by atoms with Crippen molar-refractivity contribution < 1.29 is 9.90 Å². The van der Waals surface area contributed by atoms with Gasteiger partial charge in [0, 0.05) is 17.8 Å². The van der Waals surface area contributed by atoms with Crippen LogP contribution in [0.4, 0.5) is 0 Å². The minimum Gasteiger partial charge on any atom is -0.379 e. The quantitative estimate of drug-likeness (QED) is 0.833. The summed E-state index contributed by atoms with van der Waals surface area (Å²) in [5.74, 6) is 2.20. The van der Waals surface area contributed by atoms with Crippen LogP contribution in [0.15, 0.2) is 0 Å². The fourth-order valence-corrected chi connectivity index (χ4v) is 5.27. The summed E-state index contributed by atoms with van der Waals surface area (Å²) in [6.07, 6.45) is 7.77. The first-order valence-corrected chi connectivity index (χ1v) is 10.1. The maximum absolute atomic E-state index is 12.3. The third-order valence-electron chi connectivity index (χ3n) is 5.79. The number of aliphatic hydroxyl groups is 1. The van der Waals surface area contributed by atoms with Gasteiger partial charge < -0.3 is 15.3 Å². The zero-order chi connectivity index (χ0) is 15.6. The summed E-state index contributed by atoms with van der Waals surface area (Å²) < 4.78 is 0. The Bertz CT molecular complexity index is 382. The van der Waals surface area contributed by atoms with Crippen LogP contribution in [-0.4, -0.2) is 58.2 Å². The summed E-state index contributed by atoms with van der Waals surface area (Å²) in [6.45, 7) is 4.86. The van der Waals surface area contributed by atoms with E-state index in [2.05, 4.69) is 17.1 Å². The first-order valence-electron chi connectivity index (χ1n) is 8.92. The lowest BCUT2D eigenvalue weighted by Crippen LogP contribution is -2.52. The Morgan fingerprint density at radius 2 is 1.86 bits per heavy atom. The summed E-state index contributed by atoms with van der Waals surface area (Å²) in [4.78, 5) is 14.9. The number of piperidine rings is 1. The molecule has 1 atom stereocenters. The molecule has 2 saturated heterocycles. The molecule has 1 unspecified atom stereocenters. The van der Waals surface area contributed by atoms with Gasteiger partial charge in [-0.2, -0.15) is 11.8 Å². The molecule has 0 spiro atoms. The molecule has 3 aliphatic rings. The molecule has 4 nitrogen and oxygen atoms in total. The van der Waals surface area contributed by atoms with Crippen LogP contribution < -0.4 is 5.32 Å². The van der Waals surface area contributed by atoms with Gasteiger partial charge in [-0.05, 0) is 69.7 Å². The average molecular weight is 327 g/mol. The molecule has 5 heteroatoms. The minimum absolute atomic E-state index is 0.132. The van der Waals surface area contributed by atoms with Crippen LogP contribution in [0.2, 0.25) is 0 Å². The van der Waals surface area contributed by atoms with Crippen LogP contribution in [0.5, 0.6) is 0 Å². The van der Waals surface area contributed by atoms with Gasteiger partial charge in [-0.25, -0.2) is 0 Å². The third-order valence-corrected chi connectivity index (χ3v) is 6.96. The highest BCUT2D eigenvalue weighted by Crippen LogP contribution is 2.30. The first kappa shape index (κ1) is 16.6. The van der Waals surface area contributed by atoms with Gasteiger partial charge in [-0.3, -0.25) is 4.79 Å². The zero-order valence-corrected chi connectivity index (χ0v) is 14.5. The Morgan fingerprint density at radius 3 is 2.45 bits per heavy atom. The second kappa shape index (κ2) is 7.10. The third kappa shape index (κ3) is 3.80. The number of carbonyl (C=O) groups excluding carboxylic acids is 1. The number of likely N-dealkylation sites (tertiary alicyclic amines) is 1. The number of rotatable bonds is 3. The van der Waals surface area contributed by atoms with Crippen molar-refractivity contribution in [2.45, 2.75) is 69.6 Å². The minimum atomic E-state index is -1.11.